The van der Waals surface area contributed by atoms with Gasteiger partial charge in [0.1, 0.15) is 28.6 Å². The van der Waals surface area contributed by atoms with Crippen LogP contribution in [-0.4, -0.2) is 33.5 Å². The monoisotopic (exact) mass is 456 g/mol. The molecule has 0 atom stereocenters. The van der Waals surface area contributed by atoms with Gasteiger partial charge in [-0.15, -0.1) is 0 Å². The Bertz CT molecular complexity index is 1190. The molecule has 0 aromatic heterocycles. The molecule has 0 radical (unpaired) electrons. The minimum atomic E-state index is -1.58. The minimum absolute atomic E-state index is 0.492. The molecule has 0 heterocycles. The zero-order valence-corrected chi connectivity index (χ0v) is 19.7. The lowest BCUT2D eigenvalue weighted by molar-refractivity contribution is 0.118. The summed E-state index contributed by atoms with van der Waals surface area (Å²) in [7, 11) is 6.33. The zero-order chi connectivity index (χ0) is 24.1. The molecular formula is C29H28O5. The van der Waals surface area contributed by atoms with Crippen LogP contribution in [0.3, 0.4) is 0 Å². The highest BCUT2D eigenvalue weighted by Gasteiger charge is 2.39. The summed E-state index contributed by atoms with van der Waals surface area (Å²) >= 11 is 0. The first-order valence-electron chi connectivity index (χ1n) is 10.9. The van der Waals surface area contributed by atoms with Crippen molar-refractivity contribution in [3.05, 3.63) is 108 Å². The Morgan fingerprint density at radius 2 is 1.00 bits per heavy atom. The SMILES string of the molecule is COc1ccc(C(O)(c2ccc(-c3ccccc3)cc2)c2ccc(OC)cc2OC)c(OC)c1. The van der Waals surface area contributed by atoms with Gasteiger partial charge >= 0.3 is 0 Å². The van der Waals surface area contributed by atoms with Gasteiger partial charge in [-0.05, 0) is 41.0 Å². The van der Waals surface area contributed by atoms with E-state index in [1.807, 2.05) is 54.6 Å². The second-order valence-corrected chi connectivity index (χ2v) is 7.79. The molecule has 1 N–H and O–H groups in total. The number of benzene rings is 4. The van der Waals surface area contributed by atoms with Crippen LogP contribution in [0.5, 0.6) is 23.0 Å². The summed E-state index contributed by atoms with van der Waals surface area (Å²) in [6.07, 6.45) is 0. The summed E-state index contributed by atoms with van der Waals surface area (Å²) in [5.41, 5.74) is 2.36. The van der Waals surface area contributed by atoms with Crippen LogP contribution in [0.4, 0.5) is 0 Å². The molecule has 0 fully saturated rings. The molecule has 4 aromatic rings. The Morgan fingerprint density at radius 1 is 0.529 bits per heavy atom. The maximum absolute atomic E-state index is 12.5. The van der Waals surface area contributed by atoms with Gasteiger partial charge < -0.3 is 24.1 Å². The van der Waals surface area contributed by atoms with Crippen LogP contribution in [0, 0.1) is 0 Å². The number of methoxy groups -OCH3 is 4. The molecule has 0 bridgehead atoms. The third-order valence-corrected chi connectivity index (χ3v) is 6.01. The normalized spacial score (nSPS) is 11.1. The molecule has 5 heteroatoms. The quantitative estimate of drug-likeness (QED) is 0.346. The largest absolute Gasteiger partial charge is 0.497 e. The number of ether oxygens (including phenoxy) is 4. The molecule has 0 spiro atoms. The van der Waals surface area contributed by atoms with Crippen LogP contribution in [0.2, 0.25) is 0 Å². The number of rotatable bonds is 8. The van der Waals surface area contributed by atoms with Crippen LogP contribution in [-0.2, 0) is 5.60 Å². The van der Waals surface area contributed by atoms with E-state index in [1.165, 1.54) is 0 Å². The van der Waals surface area contributed by atoms with E-state index in [9.17, 15) is 5.11 Å². The van der Waals surface area contributed by atoms with E-state index < -0.39 is 5.60 Å². The molecule has 174 valence electrons. The summed E-state index contributed by atoms with van der Waals surface area (Å²) in [4.78, 5) is 0. The second-order valence-electron chi connectivity index (χ2n) is 7.79. The van der Waals surface area contributed by atoms with Crippen molar-refractivity contribution >= 4 is 0 Å². The Labute approximate surface area is 200 Å². The Kier molecular flexibility index (Phi) is 6.75. The van der Waals surface area contributed by atoms with Crippen molar-refractivity contribution < 1.29 is 24.1 Å². The van der Waals surface area contributed by atoms with E-state index >= 15 is 0 Å². The molecule has 0 saturated carbocycles. The molecule has 34 heavy (non-hydrogen) atoms. The van der Waals surface area contributed by atoms with Gasteiger partial charge in [-0.3, -0.25) is 0 Å². The van der Waals surface area contributed by atoms with E-state index in [1.54, 1.807) is 52.7 Å². The van der Waals surface area contributed by atoms with Gasteiger partial charge in [0.15, 0.2) is 0 Å². The summed E-state index contributed by atoms with van der Waals surface area (Å²) in [5.74, 6) is 2.24. The third kappa shape index (κ3) is 4.18. The lowest BCUT2D eigenvalue weighted by atomic mass is 9.79. The summed E-state index contributed by atoms with van der Waals surface area (Å²) in [6.45, 7) is 0. The molecule has 4 rings (SSSR count). The molecule has 0 aliphatic rings. The topological polar surface area (TPSA) is 57.2 Å². The van der Waals surface area contributed by atoms with Gasteiger partial charge in [0.25, 0.3) is 0 Å². The van der Waals surface area contributed by atoms with Crippen LogP contribution in [0.1, 0.15) is 16.7 Å². The highest BCUT2D eigenvalue weighted by Crippen LogP contribution is 2.46. The van der Waals surface area contributed by atoms with Crippen molar-refractivity contribution in [3.8, 4) is 34.1 Å². The summed E-state index contributed by atoms with van der Waals surface area (Å²) in [5, 5.41) is 12.5. The maximum atomic E-state index is 12.5. The molecule has 0 saturated heterocycles. The Balaban J connectivity index is 1.95. The molecule has 0 unspecified atom stereocenters. The van der Waals surface area contributed by atoms with E-state index in [4.69, 9.17) is 18.9 Å². The average Bonchev–Trinajstić information content (AvgIpc) is 2.92. The van der Waals surface area contributed by atoms with Crippen molar-refractivity contribution in [3.63, 3.8) is 0 Å². The Morgan fingerprint density at radius 3 is 1.44 bits per heavy atom. The third-order valence-electron chi connectivity index (χ3n) is 6.01. The summed E-state index contributed by atoms with van der Waals surface area (Å²) < 4.78 is 22.1. The number of hydrogen-bond donors (Lipinski definition) is 1. The van der Waals surface area contributed by atoms with Crippen molar-refractivity contribution in [1.82, 2.24) is 0 Å². The zero-order valence-electron chi connectivity index (χ0n) is 19.7. The predicted octanol–water partition coefficient (Wildman–Crippen LogP) is 5.67. The molecule has 5 nitrogen and oxygen atoms in total. The van der Waals surface area contributed by atoms with Gasteiger partial charge in [0.2, 0.25) is 0 Å². The molecule has 0 amide bonds. The van der Waals surface area contributed by atoms with E-state index in [0.717, 1.165) is 11.1 Å². The molecule has 0 aliphatic carbocycles. The molecule has 4 aromatic carbocycles. The van der Waals surface area contributed by atoms with Gasteiger partial charge in [-0.2, -0.15) is 0 Å². The first kappa shape index (κ1) is 23.2. The van der Waals surface area contributed by atoms with Crippen LogP contribution in [0.15, 0.2) is 91.0 Å². The fourth-order valence-electron chi connectivity index (χ4n) is 4.19. The Hall–Kier alpha value is -3.96. The highest BCUT2D eigenvalue weighted by atomic mass is 16.5. The van der Waals surface area contributed by atoms with Crippen molar-refractivity contribution in [1.29, 1.82) is 0 Å². The van der Waals surface area contributed by atoms with Crippen LogP contribution < -0.4 is 18.9 Å². The second kappa shape index (κ2) is 9.89. The van der Waals surface area contributed by atoms with Crippen molar-refractivity contribution in [2.45, 2.75) is 5.60 Å². The first-order valence-corrected chi connectivity index (χ1v) is 10.9. The smallest absolute Gasteiger partial charge is 0.147 e. The summed E-state index contributed by atoms with van der Waals surface area (Å²) in [6, 6.07) is 28.7. The van der Waals surface area contributed by atoms with E-state index in [0.29, 0.717) is 39.7 Å². The van der Waals surface area contributed by atoms with Crippen LogP contribution >= 0.6 is 0 Å². The fourth-order valence-corrected chi connectivity index (χ4v) is 4.19. The maximum Gasteiger partial charge on any atom is 0.147 e. The molecule has 0 aliphatic heterocycles. The van der Waals surface area contributed by atoms with E-state index in [2.05, 4.69) is 12.1 Å². The van der Waals surface area contributed by atoms with Crippen molar-refractivity contribution in [2.75, 3.05) is 28.4 Å². The number of aliphatic hydroxyl groups is 1. The highest BCUT2D eigenvalue weighted by molar-refractivity contribution is 5.65. The standard InChI is InChI=1S/C29H28O5/c1-31-23-14-16-25(27(18-23)33-3)29(30,26-17-15-24(32-2)19-28(26)34-4)22-12-10-21(11-13-22)20-8-6-5-7-9-20/h5-19,30H,1-4H3. The van der Waals surface area contributed by atoms with Gasteiger partial charge in [-0.25, -0.2) is 0 Å². The van der Waals surface area contributed by atoms with Gasteiger partial charge in [0.05, 0.1) is 28.4 Å². The van der Waals surface area contributed by atoms with Gasteiger partial charge in [0, 0.05) is 23.3 Å². The fraction of sp³-hybridized carbons (Fsp3) is 0.172. The van der Waals surface area contributed by atoms with Crippen molar-refractivity contribution in [2.24, 2.45) is 0 Å². The minimum Gasteiger partial charge on any atom is -0.497 e. The lowest BCUT2D eigenvalue weighted by Gasteiger charge is -2.33. The predicted molar refractivity (Wildman–Crippen MR) is 133 cm³/mol. The average molecular weight is 457 g/mol. The lowest BCUT2D eigenvalue weighted by Crippen LogP contribution is -2.30. The first-order chi connectivity index (χ1) is 16.5. The number of hydrogen-bond acceptors (Lipinski definition) is 5. The van der Waals surface area contributed by atoms with Gasteiger partial charge in [-0.1, -0.05) is 54.6 Å². The molecular weight excluding hydrogens is 428 g/mol. The van der Waals surface area contributed by atoms with E-state index in [-0.39, 0.29) is 0 Å². The van der Waals surface area contributed by atoms with Crippen LogP contribution in [0.25, 0.3) is 11.1 Å².